The molecule has 0 radical (unpaired) electrons. The monoisotopic (exact) mass is 234 g/mol. The first kappa shape index (κ1) is 11.3. The van der Waals surface area contributed by atoms with E-state index in [0.29, 0.717) is 28.8 Å². The number of nitrogen functional groups attached to an aromatic ring is 1. The summed E-state index contributed by atoms with van der Waals surface area (Å²) < 4.78 is 10.4. The second kappa shape index (κ2) is 4.32. The fraction of sp³-hybridized carbons (Fsp3) is 0.273. The predicted octanol–water partition coefficient (Wildman–Crippen LogP) is 1.27. The molecule has 6 heteroatoms. The maximum atomic E-state index is 5.86. The van der Waals surface area contributed by atoms with E-state index < -0.39 is 0 Å². The SMILES string of the molecule is CNc1nc(N)c2cc(OC)c(OC)cc2n1. The normalized spacial score (nSPS) is 10.3. The van der Waals surface area contributed by atoms with Crippen LogP contribution in [-0.4, -0.2) is 31.2 Å². The lowest BCUT2D eigenvalue weighted by atomic mass is 10.2. The van der Waals surface area contributed by atoms with Crippen LogP contribution in [-0.2, 0) is 0 Å². The Labute approximate surface area is 98.8 Å². The summed E-state index contributed by atoms with van der Waals surface area (Å²) in [6.45, 7) is 0. The molecule has 1 aromatic heterocycles. The Hall–Kier alpha value is -2.24. The van der Waals surface area contributed by atoms with Crippen molar-refractivity contribution in [2.45, 2.75) is 0 Å². The number of methoxy groups -OCH3 is 2. The van der Waals surface area contributed by atoms with Crippen molar-refractivity contribution in [3.63, 3.8) is 0 Å². The molecule has 0 atom stereocenters. The van der Waals surface area contributed by atoms with Gasteiger partial charge in [-0.3, -0.25) is 0 Å². The number of rotatable bonds is 3. The molecule has 0 aliphatic carbocycles. The number of hydrogen-bond acceptors (Lipinski definition) is 6. The van der Waals surface area contributed by atoms with E-state index in [1.165, 1.54) is 0 Å². The summed E-state index contributed by atoms with van der Waals surface area (Å²) in [7, 11) is 4.89. The maximum absolute atomic E-state index is 5.86. The van der Waals surface area contributed by atoms with Crippen LogP contribution in [0.5, 0.6) is 11.5 Å². The van der Waals surface area contributed by atoms with Gasteiger partial charge in [0.1, 0.15) is 5.82 Å². The van der Waals surface area contributed by atoms with Gasteiger partial charge in [-0.05, 0) is 6.07 Å². The number of benzene rings is 1. The van der Waals surface area contributed by atoms with Crippen LogP contribution in [0.25, 0.3) is 10.9 Å². The van der Waals surface area contributed by atoms with Crippen LogP contribution in [0.2, 0.25) is 0 Å². The highest BCUT2D eigenvalue weighted by Crippen LogP contribution is 2.33. The molecule has 0 fully saturated rings. The number of anilines is 2. The fourth-order valence-corrected chi connectivity index (χ4v) is 1.59. The Kier molecular flexibility index (Phi) is 2.86. The Morgan fingerprint density at radius 3 is 2.35 bits per heavy atom. The van der Waals surface area contributed by atoms with Gasteiger partial charge in [0.15, 0.2) is 11.5 Å². The van der Waals surface area contributed by atoms with E-state index >= 15 is 0 Å². The molecular formula is C11H14N4O2. The van der Waals surface area contributed by atoms with Crippen molar-refractivity contribution in [3.05, 3.63) is 12.1 Å². The molecular weight excluding hydrogens is 220 g/mol. The minimum absolute atomic E-state index is 0.403. The summed E-state index contributed by atoms with van der Waals surface area (Å²) in [6.07, 6.45) is 0. The van der Waals surface area contributed by atoms with Crippen LogP contribution in [0.15, 0.2) is 12.1 Å². The lowest BCUT2D eigenvalue weighted by molar-refractivity contribution is 0.356. The second-order valence-electron chi connectivity index (χ2n) is 3.41. The smallest absolute Gasteiger partial charge is 0.224 e. The van der Waals surface area contributed by atoms with Crippen LogP contribution in [0, 0.1) is 0 Å². The molecule has 0 aliphatic heterocycles. The third-order valence-corrected chi connectivity index (χ3v) is 2.45. The van der Waals surface area contributed by atoms with Gasteiger partial charge in [-0.2, -0.15) is 4.98 Å². The van der Waals surface area contributed by atoms with Gasteiger partial charge in [0, 0.05) is 18.5 Å². The minimum Gasteiger partial charge on any atom is -0.493 e. The first-order valence-electron chi connectivity index (χ1n) is 5.06. The molecule has 0 aliphatic rings. The Morgan fingerprint density at radius 1 is 1.12 bits per heavy atom. The van der Waals surface area contributed by atoms with Gasteiger partial charge in [0.2, 0.25) is 5.95 Å². The summed E-state index contributed by atoms with van der Waals surface area (Å²) in [5.41, 5.74) is 6.57. The van der Waals surface area contributed by atoms with Gasteiger partial charge in [0.05, 0.1) is 19.7 Å². The van der Waals surface area contributed by atoms with Gasteiger partial charge in [-0.15, -0.1) is 0 Å². The van der Waals surface area contributed by atoms with E-state index in [0.717, 1.165) is 5.39 Å². The van der Waals surface area contributed by atoms with Crippen LogP contribution in [0.3, 0.4) is 0 Å². The molecule has 0 saturated heterocycles. The average Bonchev–Trinajstić information content (AvgIpc) is 2.36. The highest BCUT2D eigenvalue weighted by atomic mass is 16.5. The molecule has 2 rings (SSSR count). The summed E-state index contributed by atoms with van der Waals surface area (Å²) in [5.74, 6) is 2.09. The van der Waals surface area contributed by atoms with Crippen molar-refractivity contribution < 1.29 is 9.47 Å². The van der Waals surface area contributed by atoms with Crippen molar-refractivity contribution in [2.75, 3.05) is 32.3 Å². The minimum atomic E-state index is 0.403. The third kappa shape index (κ3) is 1.89. The molecule has 17 heavy (non-hydrogen) atoms. The van der Waals surface area contributed by atoms with E-state index in [2.05, 4.69) is 15.3 Å². The van der Waals surface area contributed by atoms with Gasteiger partial charge in [-0.25, -0.2) is 4.98 Å². The molecule has 2 aromatic rings. The number of nitrogens with one attached hydrogen (secondary N) is 1. The molecule has 1 aromatic carbocycles. The van der Waals surface area contributed by atoms with Crippen LogP contribution in [0.4, 0.5) is 11.8 Å². The number of nitrogens with two attached hydrogens (primary N) is 1. The Bertz CT molecular complexity index is 557. The van der Waals surface area contributed by atoms with Gasteiger partial charge in [-0.1, -0.05) is 0 Å². The van der Waals surface area contributed by atoms with Gasteiger partial charge < -0.3 is 20.5 Å². The zero-order valence-corrected chi connectivity index (χ0v) is 9.94. The van der Waals surface area contributed by atoms with Crippen molar-refractivity contribution in [2.24, 2.45) is 0 Å². The number of hydrogen-bond donors (Lipinski definition) is 2. The zero-order chi connectivity index (χ0) is 12.4. The first-order chi connectivity index (χ1) is 8.19. The second-order valence-corrected chi connectivity index (χ2v) is 3.41. The summed E-state index contributed by atoms with van der Waals surface area (Å²) >= 11 is 0. The van der Waals surface area contributed by atoms with E-state index in [9.17, 15) is 0 Å². The van der Waals surface area contributed by atoms with Gasteiger partial charge in [0.25, 0.3) is 0 Å². The van der Waals surface area contributed by atoms with Crippen LogP contribution >= 0.6 is 0 Å². The summed E-state index contributed by atoms with van der Waals surface area (Å²) in [5, 5.41) is 3.59. The Balaban J connectivity index is 2.73. The van der Waals surface area contributed by atoms with Crippen molar-refractivity contribution >= 4 is 22.7 Å². The number of ether oxygens (including phenoxy) is 2. The molecule has 1 heterocycles. The number of nitrogens with zero attached hydrogens (tertiary/aromatic N) is 2. The standard InChI is InChI=1S/C11H14N4O2/c1-13-11-14-7-5-9(17-3)8(16-2)4-6(7)10(12)15-11/h4-5H,1-3H3,(H3,12,13,14,15). The molecule has 0 saturated carbocycles. The lowest BCUT2D eigenvalue weighted by Crippen LogP contribution is -2.02. The van der Waals surface area contributed by atoms with Crippen LogP contribution < -0.4 is 20.5 Å². The number of fused-ring (bicyclic) bond motifs is 1. The first-order valence-corrected chi connectivity index (χ1v) is 5.06. The zero-order valence-electron chi connectivity index (χ0n) is 9.94. The third-order valence-electron chi connectivity index (χ3n) is 2.45. The van der Waals surface area contributed by atoms with Crippen molar-refractivity contribution in [1.29, 1.82) is 0 Å². The van der Waals surface area contributed by atoms with Gasteiger partial charge >= 0.3 is 0 Å². The molecule has 90 valence electrons. The quantitative estimate of drug-likeness (QED) is 0.832. The Morgan fingerprint density at radius 2 is 1.76 bits per heavy atom. The average molecular weight is 234 g/mol. The number of aromatic nitrogens is 2. The van der Waals surface area contributed by atoms with E-state index in [4.69, 9.17) is 15.2 Å². The van der Waals surface area contributed by atoms with E-state index in [1.807, 2.05) is 0 Å². The molecule has 0 unspecified atom stereocenters. The molecule has 0 bridgehead atoms. The predicted molar refractivity (Wildman–Crippen MR) is 66.6 cm³/mol. The summed E-state index contributed by atoms with van der Waals surface area (Å²) in [4.78, 5) is 8.41. The molecule has 0 spiro atoms. The molecule has 6 nitrogen and oxygen atoms in total. The fourth-order valence-electron chi connectivity index (χ4n) is 1.59. The van der Waals surface area contributed by atoms with Crippen LogP contribution in [0.1, 0.15) is 0 Å². The molecule has 0 amide bonds. The highest BCUT2D eigenvalue weighted by Gasteiger charge is 2.10. The summed E-state index contributed by atoms with van der Waals surface area (Å²) in [6, 6.07) is 3.54. The maximum Gasteiger partial charge on any atom is 0.224 e. The van der Waals surface area contributed by atoms with Crippen molar-refractivity contribution in [3.8, 4) is 11.5 Å². The van der Waals surface area contributed by atoms with Crippen molar-refractivity contribution in [1.82, 2.24) is 9.97 Å². The highest BCUT2D eigenvalue weighted by molar-refractivity contribution is 5.91. The van der Waals surface area contributed by atoms with E-state index in [-0.39, 0.29) is 0 Å². The topological polar surface area (TPSA) is 82.3 Å². The largest absolute Gasteiger partial charge is 0.493 e. The lowest BCUT2D eigenvalue weighted by Gasteiger charge is -2.10. The van der Waals surface area contributed by atoms with E-state index in [1.54, 1.807) is 33.4 Å². The molecule has 3 N–H and O–H groups in total.